The second-order valence-corrected chi connectivity index (χ2v) is 8.40. The first-order valence-electron chi connectivity index (χ1n) is 8.58. The number of thioether (sulfide) groups is 1. The Labute approximate surface area is 156 Å². The van der Waals surface area contributed by atoms with Gasteiger partial charge in [-0.1, -0.05) is 35.9 Å². The monoisotopic (exact) mass is 374 g/mol. The Morgan fingerprint density at radius 1 is 1.16 bits per heavy atom. The minimum absolute atomic E-state index is 0.0879. The number of nitrogens with one attached hydrogen (secondary N) is 1. The number of aliphatic imine (C=N–C) groups is 1. The Morgan fingerprint density at radius 3 is 2.76 bits per heavy atom. The summed E-state index contributed by atoms with van der Waals surface area (Å²) in [5.41, 5.74) is 3.44. The first kappa shape index (κ1) is 16.9. The molecule has 0 atom stereocenters. The lowest BCUT2D eigenvalue weighted by atomic mass is 9.73. The molecule has 4 rings (SSSR count). The summed E-state index contributed by atoms with van der Waals surface area (Å²) in [5.74, 6) is 3.00. The van der Waals surface area contributed by atoms with Crippen LogP contribution >= 0.6 is 23.4 Å². The van der Waals surface area contributed by atoms with Crippen LogP contribution in [0.4, 0.5) is 10.1 Å². The fourth-order valence-electron chi connectivity index (χ4n) is 3.70. The highest BCUT2D eigenvalue weighted by Crippen LogP contribution is 2.44. The topological polar surface area (TPSA) is 24.4 Å². The second kappa shape index (κ2) is 7.00. The molecule has 0 aliphatic carbocycles. The van der Waals surface area contributed by atoms with Crippen molar-refractivity contribution in [2.45, 2.75) is 25.8 Å². The Balaban J connectivity index is 1.66. The van der Waals surface area contributed by atoms with Gasteiger partial charge in [0, 0.05) is 11.1 Å². The third kappa shape index (κ3) is 3.42. The van der Waals surface area contributed by atoms with Crippen LogP contribution in [0, 0.1) is 11.2 Å². The fraction of sp³-hybridized carbons (Fsp3) is 0.350. The van der Waals surface area contributed by atoms with Gasteiger partial charge in [0.2, 0.25) is 0 Å². The van der Waals surface area contributed by atoms with Gasteiger partial charge in [-0.15, -0.1) is 0 Å². The van der Waals surface area contributed by atoms with Gasteiger partial charge in [0.05, 0.1) is 11.6 Å². The van der Waals surface area contributed by atoms with E-state index in [2.05, 4.69) is 23.5 Å². The highest BCUT2D eigenvalue weighted by Gasteiger charge is 2.41. The SMILES string of the molecule is Fc1cc(CN=C2Nc3ccccc3CC23CCSCC3)ccc1Cl. The zero-order chi connectivity index (χ0) is 17.3. The molecule has 0 unspecified atom stereocenters. The highest BCUT2D eigenvalue weighted by molar-refractivity contribution is 7.99. The lowest BCUT2D eigenvalue weighted by Crippen LogP contribution is -2.44. The number of hydrogen-bond acceptors (Lipinski definition) is 2. The van der Waals surface area contributed by atoms with Crippen molar-refractivity contribution < 1.29 is 4.39 Å². The molecule has 2 aliphatic heterocycles. The van der Waals surface area contributed by atoms with Crippen molar-refractivity contribution in [1.29, 1.82) is 0 Å². The summed E-state index contributed by atoms with van der Waals surface area (Å²) >= 11 is 7.79. The molecule has 0 radical (unpaired) electrons. The predicted octanol–water partition coefficient (Wildman–Crippen LogP) is 5.56. The molecule has 2 aliphatic rings. The molecule has 2 aromatic carbocycles. The first-order chi connectivity index (χ1) is 12.2. The molecule has 0 saturated carbocycles. The van der Waals surface area contributed by atoms with Crippen molar-refractivity contribution in [2.75, 3.05) is 16.8 Å². The maximum atomic E-state index is 13.7. The van der Waals surface area contributed by atoms with Crippen LogP contribution in [0.3, 0.4) is 0 Å². The fourth-order valence-corrected chi connectivity index (χ4v) is 5.09. The van der Waals surface area contributed by atoms with Gasteiger partial charge in [0.1, 0.15) is 11.7 Å². The molecule has 0 amide bonds. The summed E-state index contributed by atoms with van der Waals surface area (Å²) in [6.45, 7) is 0.466. The maximum Gasteiger partial charge on any atom is 0.142 e. The molecule has 2 heterocycles. The molecular formula is C20H20ClFN2S. The number of para-hydroxylation sites is 1. The van der Waals surface area contributed by atoms with E-state index in [0.29, 0.717) is 6.54 Å². The summed E-state index contributed by atoms with van der Waals surface area (Å²) < 4.78 is 13.7. The van der Waals surface area contributed by atoms with E-state index in [4.69, 9.17) is 16.6 Å². The van der Waals surface area contributed by atoms with Crippen LogP contribution in [0.1, 0.15) is 24.0 Å². The molecule has 1 N–H and O–H groups in total. The van der Waals surface area contributed by atoms with Crippen LogP contribution in [-0.4, -0.2) is 17.3 Å². The van der Waals surface area contributed by atoms with Crippen molar-refractivity contribution in [3.8, 4) is 0 Å². The summed E-state index contributed by atoms with van der Waals surface area (Å²) in [6.07, 6.45) is 3.30. The summed E-state index contributed by atoms with van der Waals surface area (Å²) in [7, 11) is 0. The summed E-state index contributed by atoms with van der Waals surface area (Å²) in [5, 5.41) is 3.73. The number of rotatable bonds is 2. The number of hydrogen-bond donors (Lipinski definition) is 1. The number of nitrogens with zero attached hydrogens (tertiary/aromatic N) is 1. The van der Waals surface area contributed by atoms with Gasteiger partial charge in [-0.2, -0.15) is 11.8 Å². The van der Waals surface area contributed by atoms with Crippen molar-refractivity contribution in [1.82, 2.24) is 0 Å². The van der Waals surface area contributed by atoms with Crippen molar-refractivity contribution >= 4 is 34.9 Å². The largest absolute Gasteiger partial charge is 0.343 e. The van der Waals surface area contributed by atoms with Crippen molar-refractivity contribution in [3.63, 3.8) is 0 Å². The quantitative estimate of drug-likeness (QED) is 0.744. The smallest absolute Gasteiger partial charge is 0.142 e. The van der Waals surface area contributed by atoms with E-state index >= 15 is 0 Å². The molecule has 5 heteroatoms. The number of anilines is 1. The van der Waals surface area contributed by atoms with E-state index in [0.717, 1.165) is 36.3 Å². The van der Waals surface area contributed by atoms with Gasteiger partial charge >= 0.3 is 0 Å². The van der Waals surface area contributed by atoms with E-state index in [-0.39, 0.29) is 16.3 Å². The minimum atomic E-state index is -0.384. The van der Waals surface area contributed by atoms with Crippen molar-refractivity contribution in [3.05, 3.63) is 64.4 Å². The Hall–Kier alpha value is -1.52. The second-order valence-electron chi connectivity index (χ2n) is 6.76. The lowest BCUT2D eigenvalue weighted by molar-refractivity contribution is 0.377. The molecule has 0 aromatic heterocycles. The normalized spacial score (nSPS) is 20.3. The number of fused-ring (bicyclic) bond motifs is 1. The average Bonchev–Trinajstić information content (AvgIpc) is 2.63. The summed E-state index contributed by atoms with van der Waals surface area (Å²) in [6, 6.07) is 13.4. The Morgan fingerprint density at radius 2 is 1.96 bits per heavy atom. The molecule has 1 fully saturated rings. The van der Waals surface area contributed by atoms with Crippen LogP contribution in [0.2, 0.25) is 5.02 Å². The zero-order valence-corrected chi connectivity index (χ0v) is 15.5. The van der Waals surface area contributed by atoms with Crippen LogP contribution in [-0.2, 0) is 13.0 Å². The van der Waals surface area contributed by atoms with E-state index in [1.165, 1.54) is 23.1 Å². The van der Waals surface area contributed by atoms with Gasteiger partial charge < -0.3 is 5.32 Å². The molecule has 2 aromatic rings. The van der Waals surface area contributed by atoms with E-state index in [1.807, 2.05) is 23.9 Å². The maximum absolute atomic E-state index is 13.7. The average molecular weight is 375 g/mol. The predicted molar refractivity (Wildman–Crippen MR) is 105 cm³/mol. The molecular weight excluding hydrogens is 355 g/mol. The zero-order valence-electron chi connectivity index (χ0n) is 13.9. The minimum Gasteiger partial charge on any atom is -0.343 e. The summed E-state index contributed by atoms with van der Waals surface area (Å²) in [4.78, 5) is 4.89. The van der Waals surface area contributed by atoms with Gasteiger partial charge in [-0.3, -0.25) is 4.99 Å². The molecule has 25 heavy (non-hydrogen) atoms. The lowest BCUT2D eigenvalue weighted by Gasteiger charge is -2.42. The third-order valence-electron chi connectivity index (χ3n) is 5.16. The number of halogens is 2. The Bertz CT molecular complexity index is 815. The van der Waals surface area contributed by atoms with E-state index in [1.54, 1.807) is 6.07 Å². The molecule has 2 nitrogen and oxygen atoms in total. The molecule has 1 spiro atoms. The van der Waals surface area contributed by atoms with Gasteiger partial charge in [0.15, 0.2) is 0 Å². The van der Waals surface area contributed by atoms with Crippen LogP contribution in [0.15, 0.2) is 47.5 Å². The molecule has 1 saturated heterocycles. The van der Waals surface area contributed by atoms with Crippen LogP contribution in [0.5, 0.6) is 0 Å². The number of benzene rings is 2. The van der Waals surface area contributed by atoms with E-state index in [9.17, 15) is 4.39 Å². The highest BCUT2D eigenvalue weighted by atomic mass is 35.5. The van der Waals surface area contributed by atoms with Crippen molar-refractivity contribution in [2.24, 2.45) is 10.4 Å². The van der Waals surface area contributed by atoms with Crippen LogP contribution in [0.25, 0.3) is 0 Å². The standard InChI is InChI=1S/C20H20ClFN2S/c21-16-6-5-14(11-17(16)22)13-23-19-20(7-9-25-10-8-20)12-15-3-1-2-4-18(15)24-19/h1-6,11H,7-10,12-13H2,(H,23,24). The van der Waals surface area contributed by atoms with Crippen LogP contribution < -0.4 is 5.32 Å². The number of amidine groups is 1. The van der Waals surface area contributed by atoms with Gasteiger partial charge in [0.25, 0.3) is 0 Å². The van der Waals surface area contributed by atoms with Gasteiger partial charge in [-0.25, -0.2) is 4.39 Å². The molecule has 0 bridgehead atoms. The third-order valence-corrected chi connectivity index (χ3v) is 6.45. The van der Waals surface area contributed by atoms with Gasteiger partial charge in [-0.05, 0) is 60.1 Å². The Kier molecular flexibility index (Phi) is 4.74. The first-order valence-corrected chi connectivity index (χ1v) is 10.1. The van der Waals surface area contributed by atoms with E-state index < -0.39 is 0 Å². The molecule has 130 valence electrons.